The zero-order chi connectivity index (χ0) is 8.43. The number of rotatable bonds is 1. The molecule has 1 fully saturated rings. The van der Waals surface area contributed by atoms with Crippen molar-refractivity contribution in [3.8, 4) is 0 Å². The van der Waals surface area contributed by atoms with Crippen molar-refractivity contribution in [2.24, 2.45) is 0 Å². The van der Waals surface area contributed by atoms with Crippen LogP contribution in [0, 0.1) is 0 Å². The molecule has 0 spiro atoms. The average molecular weight is 158 g/mol. The Labute approximate surface area is 66.3 Å². The van der Waals surface area contributed by atoms with Crippen molar-refractivity contribution >= 4 is 0 Å². The topological polar surface area (TPSA) is 49.7 Å². The van der Waals surface area contributed by atoms with Gasteiger partial charge in [0.1, 0.15) is 12.2 Å². The van der Waals surface area contributed by atoms with Crippen LogP contribution in [0.5, 0.6) is 0 Å². The van der Waals surface area contributed by atoms with Gasteiger partial charge in [0.25, 0.3) is 0 Å². The van der Waals surface area contributed by atoms with E-state index in [1.54, 1.807) is 0 Å². The second-order valence-corrected chi connectivity index (χ2v) is 2.94. The van der Waals surface area contributed by atoms with E-state index in [0.29, 0.717) is 6.42 Å². The Kier molecular flexibility index (Phi) is 2.65. The number of aliphatic hydroxyl groups excluding tert-OH is 2. The van der Waals surface area contributed by atoms with Gasteiger partial charge in [0.05, 0.1) is 12.2 Å². The van der Waals surface area contributed by atoms with Gasteiger partial charge in [-0.1, -0.05) is 6.08 Å². The molecule has 64 valence electrons. The summed E-state index contributed by atoms with van der Waals surface area (Å²) in [6.07, 6.45) is 0.0882. The van der Waals surface area contributed by atoms with Crippen LogP contribution in [0.15, 0.2) is 12.7 Å². The molecular weight excluding hydrogens is 144 g/mol. The molecule has 2 N–H and O–H groups in total. The smallest absolute Gasteiger partial charge is 0.110 e. The Bertz CT molecular complexity index is 146. The Morgan fingerprint density at radius 3 is 2.73 bits per heavy atom. The van der Waals surface area contributed by atoms with E-state index >= 15 is 0 Å². The van der Waals surface area contributed by atoms with Crippen molar-refractivity contribution in [2.45, 2.75) is 37.8 Å². The van der Waals surface area contributed by atoms with Crippen LogP contribution >= 0.6 is 0 Å². The van der Waals surface area contributed by atoms with Crippen LogP contribution in [0.25, 0.3) is 0 Å². The molecule has 0 bridgehead atoms. The van der Waals surface area contributed by atoms with Gasteiger partial charge in [0.15, 0.2) is 0 Å². The monoisotopic (exact) mass is 158 g/mol. The molecule has 0 aromatic heterocycles. The summed E-state index contributed by atoms with van der Waals surface area (Å²) in [6, 6.07) is 0. The van der Waals surface area contributed by atoms with Gasteiger partial charge in [0, 0.05) is 6.42 Å². The molecule has 0 amide bonds. The molecular formula is C8H14O3. The molecule has 1 rings (SSSR count). The lowest BCUT2D eigenvalue weighted by molar-refractivity contribution is -0.145. The maximum Gasteiger partial charge on any atom is 0.110 e. The molecule has 0 aliphatic carbocycles. The zero-order valence-corrected chi connectivity index (χ0v) is 6.60. The summed E-state index contributed by atoms with van der Waals surface area (Å²) in [5.74, 6) is 0. The normalized spacial score (nSPS) is 45.4. The SMILES string of the molecule is C=C[C@H]1OC(C)C[C@@H](O)[C@H]1O. The molecule has 1 unspecified atom stereocenters. The number of ether oxygens (including phenoxy) is 1. The summed E-state index contributed by atoms with van der Waals surface area (Å²) in [6.45, 7) is 5.37. The largest absolute Gasteiger partial charge is 0.390 e. The quantitative estimate of drug-likeness (QED) is 0.531. The standard InChI is InChI=1S/C8H14O3/c1-3-7-8(10)6(9)4-5(2)11-7/h3,5-10H,1,4H2,2H3/t5?,6-,7-,8-/m1/s1. The van der Waals surface area contributed by atoms with Crippen molar-refractivity contribution in [3.05, 3.63) is 12.7 Å². The minimum absolute atomic E-state index is 0.00333. The minimum atomic E-state index is -0.816. The first-order valence-corrected chi connectivity index (χ1v) is 3.79. The maximum absolute atomic E-state index is 9.31. The predicted octanol–water partition coefficient (Wildman–Crippen LogP) is 0.0716. The van der Waals surface area contributed by atoms with Crippen LogP contribution in [0.4, 0.5) is 0 Å². The van der Waals surface area contributed by atoms with Crippen LogP contribution < -0.4 is 0 Å². The van der Waals surface area contributed by atoms with Gasteiger partial charge in [-0.25, -0.2) is 0 Å². The highest BCUT2D eigenvalue weighted by atomic mass is 16.5. The molecule has 3 nitrogen and oxygen atoms in total. The highest BCUT2D eigenvalue weighted by molar-refractivity contribution is 4.93. The fraction of sp³-hybridized carbons (Fsp3) is 0.750. The van der Waals surface area contributed by atoms with Crippen LogP contribution in [0.3, 0.4) is 0 Å². The summed E-state index contributed by atoms with van der Waals surface area (Å²) < 4.78 is 5.29. The van der Waals surface area contributed by atoms with Crippen LogP contribution in [0.2, 0.25) is 0 Å². The third-order valence-corrected chi connectivity index (χ3v) is 1.93. The summed E-state index contributed by atoms with van der Waals surface area (Å²) >= 11 is 0. The molecule has 0 aromatic carbocycles. The lowest BCUT2D eigenvalue weighted by atomic mass is 9.99. The molecule has 0 saturated carbocycles. The zero-order valence-electron chi connectivity index (χ0n) is 6.60. The second kappa shape index (κ2) is 3.34. The summed E-state index contributed by atoms with van der Waals surface area (Å²) in [7, 11) is 0. The van der Waals surface area contributed by atoms with E-state index in [1.165, 1.54) is 6.08 Å². The molecule has 0 aromatic rings. The minimum Gasteiger partial charge on any atom is -0.390 e. The Morgan fingerprint density at radius 2 is 2.18 bits per heavy atom. The Balaban J connectivity index is 2.58. The lowest BCUT2D eigenvalue weighted by Gasteiger charge is -2.34. The Hall–Kier alpha value is -0.380. The van der Waals surface area contributed by atoms with Crippen molar-refractivity contribution in [1.82, 2.24) is 0 Å². The third-order valence-electron chi connectivity index (χ3n) is 1.93. The van der Waals surface area contributed by atoms with Crippen molar-refractivity contribution < 1.29 is 14.9 Å². The Morgan fingerprint density at radius 1 is 1.55 bits per heavy atom. The van der Waals surface area contributed by atoms with E-state index in [4.69, 9.17) is 4.74 Å². The van der Waals surface area contributed by atoms with Gasteiger partial charge < -0.3 is 14.9 Å². The number of hydrogen-bond donors (Lipinski definition) is 2. The predicted molar refractivity (Wildman–Crippen MR) is 41.2 cm³/mol. The first-order valence-electron chi connectivity index (χ1n) is 3.79. The molecule has 3 heteroatoms. The van der Waals surface area contributed by atoms with Crippen molar-refractivity contribution in [1.29, 1.82) is 0 Å². The molecule has 1 aliphatic heterocycles. The van der Waals surface area contributed by atoms with E-state index < -0.39 is 18.3 Å². The molecule has 1 aliphatic rings. The fourth-order valence-electron chi connectivity index (χ4n) is 1.30. The van der Waals surface area contributed by atoms with Gasteiger partial charge in [0.2, 0.25) is 0 Å². The van der Waals surface area contributed by atoms with Gasteiger partial charge in [-0.05, 0) is 6.92 Å². The van der Waals surface area contributed by atoms with Crippen LogP contribution in [0.1, 0.15) is 13.3 Å². The molecule has 11 heavy (non-hydrogen) atoms. The average Bonchev–Trinajstić information content (AvgIpc) is 1.96. The van der Waals surface area contributed by atoms with Gasteiger partial charge in [-0.15, -0.1) is 6.58 Å². The number of hydrogen-bond acceptors (Lipinski definition) is 3. The van der Waals surface area contributed by atoms with E-state index in [1.807, 2.05) is 6.92 Å². The van der Waals surface area contributed by atoms with Gasteiger partial charge in [-0.3, -0.25) is 0 Å². The van der Waals surface area contributed by atoms with Gasteiger partial charge >= 0.3 is 0 Å². The fourth-order valence-corrected chi connectivity index (χ4v) is 1.30. The molecule has 4 atom stereocenters. The van der Waals surface area contributed by atoms with Crippen molar-refractivity contribution in [3.63, 3.8) is 0 Å². The first kappa shape index (κ1) is 8.71. The maximum atomic E-state index is 9.31. The van der Waals surface area contributed by atoms with E-state index in [9.17, 15) is 10.2 Å². The van der Waals surface area contributed by atoms with Crippen LogP contribution in [-0.2, 0) is 4.74 Å². The molecule has 1 saturated heterocycles. The highest BCUT2D eigenvalue weighted by Gasteiger charge is 2.32. The summed E-state index contributed by atoms with van der Waals surface area (Å²) in [4.78, 5) is 0. The van der Waals surface area contributed by atoms with Gasteiger partial charge in [-0.2, -0.15) is 0 Å². The summed E-state index contributed by atoms with van der Waals surface area (Å²) in [5.41, 5.74) is 0. The number of aliphatic hydroxyl groups is 2. The second-order valence-electron chi connectivity index (χ2n) is 2.94. The third kappa shape index (κ3) is 1.80. The lowest BCUT2D eigenvalue weighted by Crippen LogP contribution is -2.46. The highest BCUT2D eigenvalue weighted by Crippen LogP contribution is 2.20. The van der Waals surface area contributed by atoms with E-state index in [2.05, 4.69) is 6.58 Å². The van der Waals surface area contributed by atoms with Crippen molar-refractivity contribution in [2.75, 3.05) is 0 Å². The van der Waals surface area contributed by atoms with E-state index in [0.717, 1.165) is 0 Å². The molecule has 0 radical (unpaired) electrons. The van der Waals surface area contributed by atoms with E-state index in [-0.39, 0.29) is 6.10 Å². The first-order chi connectivity index (χ1) is 5.15. The molecule has 1 heterocycles. The summed E-state index contributed by atoms with van der Waals surface area (Å²) in [5, 5.41) is 18.6. The van der Waals surface area contributed by atoms with Crippen LogP contribution in [-0.4, -0.2) is 34.6 Å².